The highest BCUT2D eigenvalue weighted by atomic mass is 19.4. The van der Waals surface area contributed by atoms with E-state index >= 15 is 0 Å². The molecule has 27 heavy (non-hydrogen) atoms. The molecule has 0 radical (unpaired) electrons. The lowest BCUT2D eigenvalue weighted by Gasteiger charge is -2.13. The van der Waals surface area contributed by atoms with Crippen LogP contribution in [0, 0.1) is 5.82 Å². The number of hydrogen-bond donors (Lipinski definition) is 0. The van der Waals surface area contributed by atoms with Gasteiger partial charge in [0, 0.05) is 23.7 Å². The van der Waals surface area contributed by atoms with Crippen molar-refractivity contribution in [2.24, 2.45) is 0 Å². The predicted molar refractivity (Wildman–Crippen MR) is 85.9 cm³/mol. The molecule has 0 unspecified atom stereocenters. The zero-order valence-corrected chi connectivity index (χ0v) is 13.6. The summed E-state index contributed by atoms with van der Waals surface area (Å²) in [6, 6.07) is 4.62. The molecule has 0 saturated carbocycles. The number of nitrogens with zero attached hydrogens (tertiary/aromatic N) is 3. The SMILES string of the molecule is Fc1cc2c(c(-c3cncnc3Oc3ccc(C(F)(F)F)nc3)c1)OCC2. The highest BCUT2D eigenvalue weighted by Gasteiger charge is 2.32. The van der Waals surface area contributed by atoms with Gasteiger partial charge in [-0.1, -0.05) is 0 Å². The molecule has 0 bridgehead atoms. The van der Waals surface area contributed by atoms with Crippen LogP contribution in [0.15, 0.2) is 43.0 Å². The van der Waals surface area contributed by atoms with Crippen LogP contribution in [-0.2, 0) is 12.6 Å². The van der Waals surface area contributed by atoms with Gasteiger partial charge in [0.1, 0.15) is 29.3 Å². The molecule has 0 N–H and O–H groups in total. The van der Waals surface area contributed by atoms with Gasteiger partial charge in [0.15, 0.2) is 0 Å². The van der Waals surface area contributed by atoms with Gasteiger partial charge in [-0.3, -0.25) is 0 Å². The summed E-state index contributed by atoms with van der Waals surface area (Å²) in [6.45, 7) is 0.429. The van der Waals surface area contributed by atoms with Crippen molar-refractivity contribution in [3.8, 4) is 28.5 Å². The van der Waals surface area contributed by atoms with Gasteiger partial charge in [-0.25, -0.2) is 19.3 Å². The molecule has 5 nitrogen and oxygen atoms in total. The summed E-state index contributed by atoms with van der Waals surface area (Å²) >= 11 is 0. The maximum atomic E-state index is 14.0. The minimum Gasteiger partial charge on any atom is -0.492 e. The summed E-state index contributed by atoms with van der Waals surface area (Å²) in [6.07, 6.45) is -0.376. The highest BCUT2D eigenvalue weighted by molar-refractivity contribution is 5.76. The maximum Gasteiger partial charge on any atom is 0.433 e. The number of aromatic nitrogens is 3. The maximum absolute atomic E-state index is 14.0. The van der Waals surface area contributed by atoms with Crippen molar-refractivity contribution >= 4 is 0 Å². The molecule has 0 fully saturated rings. The molecule has 0 aliphatic carbocycles. The molecule has 138 valence electrons. The standard InChI is InChI=1S/C18H11F4N3O2/c19-11-5-10-3-4-26-16(10)13(6-11)14-8-23-9-25-17(14)27-12-1-2-15(24-7-12)18(20,21)22/h1-2,5-9H,3-4H2. The summed E-state index contributed by atoms with van der Waals surface area (Å²) < 4.78 is 63.0. The second-order valence-electron chi connectivity index (χ2n) is 5.76. The van der Waals surface area contributed by atoms with Gasteiger partial charge in [-0.15, -0.1) is 0 Å². The minimum absolute atomic E-state index is 0.0508. The van der Waals surface area contributed by atoms with Crippen LogP contribution in [0.25, 0.3) is 11.1 Å². The predicted octanol–water partition coefficient (Wildman–Crippen LogP) is 4.42. The zero-order valence-electron chi connectivity index (χ0n) is 13.6. The molecule has 0 atom stereocenters. The minimum atomic E-state index is -4.54. The molecular formula is C18H11F4N3O2. The Morgan fingerprint density at radius 2 is 1.89 bits per heavy atom. The Bertz CT molecular complexity index is 991. The fourth-order valence-electron chi connectivity index (χ4n) is 2.77. The van der Waals surface area contributed by atoms with E-state index in [4.69, 9.17) is 9.47 Å². The topological polar surface area (TPSA) is 57.1 Å². The van der Waals surface area contributed by atoms with Crippen LogP contribution in [0.3, 0.4) is 0 Å². The summed E-state index contributed by atoms with van der Waals surface area (Å²) in [5.74, 6) is 0.175. The van der Waals surface area contributed by atoms with Gasteiger partial charge in [0.25, 0.3) is 0 Å². The number of benzene rings is 1. The highest BCUT2D eigenvalue weighted by Crippen LogP contribution is 2.41. The number of ether oxygens (including phenoxy) is 2. The number of halogens is 4. The van der Waals surface area contributed by atoms with Crippen LogP contribution in [0.1, 0.15) is 11.3 Å². The van der Waals surface area contributed by atoms with Gasteiger partial charge in [0.2, 0.25) is 5.88 Å². The Morgan fingerprint density at radius 1 is 1.04 bits per heavy atom. The molecule has 1 aliphatic heterocycles. The van der Waals surface area contributed by atoms with Crippen molar-refractivity contribution in [2.45, 2.75) is 12.6 Å². The van der Waals surface area contributed by atoms with E-state index in [-0.39, 0.29) is 11.6 Å². The Labute approximate surface area is 150 Å². The molecule has 3 aromatic rings. The van der Waals surface area contributed by atoms with E-state index in [1.165, 1.54) is 24.7 Å². The molecule has 0 saturated heterocycles. The third-order valence-corrected chi connectivity index (χ3v) is 3.96. The molecule has 0 spiro atoms. The van der Waals surface area contributed by atoms with E-state index in [0.29, 0.717) is 29.9 Å². The van der Waals surface area contributed by atoms with Crippen LogP contribution < -0.4 is 9.47 Å². The molecule has 3 heterocycles. The normalized spacial score (nSPS) is 13.2. The molecule has 4 rings (SSSR count). The van der Waals surface area contributed by atoms with Crippen LogP contribution in [0.5, 0.6) is 17.4 Å². The van der Waals surface area contributed by atoms with Crippen LogP contribution in [0.4, 0.5) is 17.6 Å². The number of hydrogen-bond acceptors (Lipinski definition) is 5. The quantitative estimate of drug-likeness (QED) is 0.633. The van der Waals surface area contributed by atoms with Crippen LogP contribution >= 0.6 is 0 Å². The number of pyridine rings is 1. The second kappa shape index (κ2) is 6.49. The summed E-state index contributed by atoms with van der Waals surface area (Å²) in [7, 11) is 0. The largest absolute Gasteiger partial charge is 0.492 e. The van der Waals surface area contributed by atoms with Crippen molar-refractivity contribution in [3.05, 3.63) is 60.1 Å². The lowest BCUT2D eigenvalue weighted by atomic mass is 10.0. The number of fused-ring (bicyclic) bond motifs is 1. The van der Waals surface area contributed by atoms with Crippen LogP contribution in [0.2, 0.25) is 0 Å². The first-order valence-corrected chi connectivity index (χ1v) is 7.88. The lowest BCUT2D eigenvalue weighted by Crippen LogP contribution is -2.07. The smallest absolute Gasteiger partial charge is 0.433 e. The van der Waals surface area contributed by atoms with Crippen molar-refractivity contribution in [3.63, 3.8) is 0 Å². The number of rotatable bonds is 3. The van der Waals surface area contributed by atoms with Crippen molar-refractivity contribution < 1.29 is 27.0 Å². The molecule has 1 aliphatic rings. The van der Waals surface area contributed by atoms with E-state index in [1.807, 2.05) is 0 Å². The monoisotopic (exact) mass is 377 g/mol. The van der Waals surface area contributed by atoms with Gasteiger partial charge in [-0.05, 0) is 24.3 Å². The van der Waals surface area contributed by atoms with Gasteiger partial charge < -0.3 is 9.47 Å². The molecule has 9 heteroatoms. The van der Waals surface area contributed by atoms with Gasteiger partial charge in [-0.2, -0.15) is 13.2 Å². The molecule has 2 aromatic heterocycles. The van der Waals surface area contributed by atoms with Gasteiger partial charge >= 0.3 is 6.18 Å². The third-order valence-electron chi connectivity index (χ3n) is 3.96. The van der Waals surface area contributed by atoms with E-state index in [0.717, 1.165) is 23.9 Å². The fraction of sp³-hybridized carbons (Fsp3) is 0.167. The Morgan fingerprint density at radius 3 is 2.63 bits per heavy atom. The summed E-state index contributed by atoms with van der Waals surface area (Å²) in [5, 5.41) is 0. The molecule has 1 aromatic carbocycles. The van der Waals surface area contributed by atoms with Crippen molar-refractivity contribution in [1.82, 2.24) is 15.0 Å². The average Bonchev–Trinajstić information content (AvgIpc) is 3.09. The lowest BCUT2D eigenvalue weighted by molar-refractivity contribution is -0.141. The zero-order chi connectivity index (χ0) is 19.0. The Hall–Kier alpha value is -3.23. The second-order valence-corrected chi connectivity index (χ2v) is 5.76. The first-order valence-electron chi connectivity index (χ1n) is 7.88. The summed E-state index contributed by atoms with van der Waals surface area (Å²) in [5.41, 5.74) is 0.457. The molecular weight excluding hydrogens is 366 g/mol. The first-order chi connectivity index (χ1) is 12.9. The summed E-state index contributed by atoms with van der Waals surface area (Å²) in [4.78, 5) is 11.3. The van der Waals surface area contributed by atoms with E-state index < -0.39 is 17.7 Å². The first kappa shape index (κ1) is 17.2. The fourth-order valence-corrected chi connectivity index (χ4v) is 2.77. The third kappa shape index (κ3) is 3.40. The van der Waals surface area contributed by atoms with E-state index in [9.17, 15) is 17.6 Å². The van der Waals surface area contributed by atoms with E-state index in [2.05, 4.69) is 15.0 Å². The molecule has 0 amide bonds. The van der Waals surface area contributed by atoms with Gasteiger partial charge in [0.05, 0.1) is 18.4 Å². The van der Waals surface area contributed by atoms with E-state index in [1.54, 1.807) is 0 Å². The van der Waals surface area contributed by atoms with Crippen molar-refractivity contribution in [2.75, 3.05) is 6.61 Å². The Balaban J connectivity index is 1.71. The average molecular weight is 377 g/mol. The number of alkyl halides is 3. The van der Waals surface area contributed by atoms with Crippen LogP contribution in [-0.4, -0.2) is 21.6 Å². The Kier molecular flexibility index (Phi) is 4.14. The van der Waals surface area contributed by atoms with Crippen molar-refractivity contribution in [1.29, 1.82) is 0 Å².